The van der Waals surface area contributed by atoms with Crippen LogP contribution in [0, 0.1) is 5.92 Å². The van der Waals surface area contributed by atoms with Gasteiger partial charge in [0.05, 0.1) is 6.61 Å². The van der Waals surface area contributed by atoms with E-state index >= 15 is 0 Å². The first-order valence-corrected chi connectivity index (χ1v) is 7.95. The Bertz CT molecular complexity index is 369. The lowest BCUT2D eigenvalue weighted by molar-refractivity contribution is 0.146. The number of ether oxygens (including phenoxy) is 2. The molecular formula is C18H31NO2. The lowest BCUT2D eigenvalue weighted by Gasteiger charge is -2.40. The van der Waals surface area contributed by atoms with Crippen molar-refractivity contribution in [2.24, 2.45) is 5.92 Å². The lowest BCUT2D eigenvalue weighted by atomic mass is 9.68. The van der Waals surface area contributed by atoms with Crippen molar-refractivity contribution in [3.05, 3.63) is 35.9 Å². The maximum atomic E-state index is 5.29. The number of benzene rings is 1. The summed E-state index contributed by atoms with van der Waals surface area (Å²) in [6.07, 6.45) is 2.19. The Morgan fingerprint density at radius 3 is 2.33 bits per heavy atom. The standard InChI is InChI=1S/C18H31NO2/c1-5-18(15-19-12-14-21-4,16(2)11-13-20-3)17-9-7-6-8-10-17/h6-10,16,19H,5,11-15H2,1-4H3. The molecule has 0 radical (unpaired) electrons. The Morgan fingerprint density at radius 2 is 1.76 bits per heavy atom. The molecule has 0 saturated heterocycles. The largest absolute Gasteiger partial charge is 0.385 e. The van der Waals surface area contributed by atoms with E-state index in [-0.39, 0.29) is 5.41 Å². The Hall–Kier alpha value is -0.900. The SMILES string of the molecule is CCC(CNCCOC)(c1ccccc1)C(C)CCOC. The van der Waals surface area contributed by atoms with Gasteiger partial charge in [0.15, 0.2) is 0 Å². The average Bonchev–Trinajstić information content (AvgIpc) is 2.54. The van der Waals surface area contributed by atoms with E-state index < -0.39 is 0 Å². The summed E-state index contributed by atoms with van der Waals surface area (Å²) in [6, 6.07) is 10.9. The zero-order chi connectivity index (χ0) is 15.6. The molecule has 2 atom stereocenters. The van der Waals surface area contributed by atoms with Crippen molar-refractivity contribution in [3.8, 4) is 0 Å². The maximum Gasteiger partial charge on any atom is 0.0587 e. The molecule has 0 aliphatic rings. The Kier molecular flexibility index (Phi) is 8.58. The van der Waals surface area contributed by atoms with Crippen LogP contribution in [0.3, 0.4) is 0 Å². The Morgan fingerprint density at radius 1 is 1.10 bits per heavy atom. The third kappa shape index (κ3) is 5.10. The smallest absolute Gasteiger partial charge is 0.0587 e. The van der Waals surface area contributed by atoms with Gasteiger partial charge in [0.25, 0.3) is 0 Å². The first-order valence-electron chi connectivity index (χ1n) is 7.95. The van der Waals surface area contributed by atoms with Gasteiger partial charge in [-0.1, -0.05) is 44.2 Å². The molecule has 0 fully saturated rings. The highest BCUT2D eigenvalue weighted by atomic mass is 16.5. The highest BCUT2D eigenvalue weighted by Crippen LogP contribution is 2.37. The zero-order valence-electron chi connectivity index (χ0n) is 14.0. The van der Waals surface area contributed by atoms with Gasteiger partial charge < -0.3 is 14.8 Å². The number of hydrogen-bond donors (Lipinski definition) is 1. The van der Waals surface area contributed by atoms with Crippen LogP contribution in [0.15, 0.2) is 30.3 Å². The van der Waals surface area contributed by atoms with Gasteiger partial charge in [0.1, 0.15) is 0 Å². The van der Waals surface area contributed by atoms with Gasteiger partial charge in [-0.05, 0) is 24.3 Å². The van der Waals surface area contributed by atoms with Crippen LogP contribution in [-0.2, 0) is 14.9 Å². The second kappa shape index (κ2) is 9.93. The molecule has 0 spiro atoms. The van der Waals surface area contributed by atoms with E-state index in [1.165, 1.54) is 5.56 Å². The maximum absolute atomic E-state index is 5.29. The van der Waals surface area contributed by atoms with Crippen molar-refractivity contribution < 1.29 is 9.47 Å². The summed E-state index contributed by atoms with van der Waals surface area (Å²) in [6.45, 7) is 8.06. The molecule has 1 N–H and O–H groups in total. The van der Waals surface area contributed by atoms with Gasteiger partial charge >= 0.3 is 0 Å². The number of rotatable bonds is 11. The molecule has 21 heavy (non-hydrogen) atoms. The van der Waals surface area contributed by atoms with Gasteiger partial charge in [-0.15, -0.1) is 0 Å². The molecule has 1 rings (SSSR count). The van der Waals surface area contributed by atoms with Crippen LogP contribution in [0.4, 0.5) is 0 Å². The molecule has 2 unspecified atom stereocenters. The van der Waals surface area contributed by atoms with E-state index in [1.54, 1.807) is 14.2 Å². The van der Waals surface area contributed by atoms with Crippen molar-refractivity contribution in [2.45, 2.75) is 32.1 Å². The summed E-state index contributed by atoms with van der Waals surface area (Å²) in [5.74, 6) is 0.555. The van der Waals surface area contributed by atoms with Crippen LogP contribution >= 0.6 is 0 Å². The highest BCUT2D eigenvalue weighted by Gasteiger charge is 2.35. The molecule has 0 aromatic heterocycles. The number of nitrogens with one attached hydrogen (secondary N) is 1. The fourth-order valence-electron chi connectivity index (χ4n) is 3.07. The Balaban J connectivity index is 2.89. The fraction of sp³-hybridized carbons (Fsp3) is 0.667. The lowest BCUT2D eigenvalue weighted by Crippen LogP contribution is -2.44. The number of hydrogen-bond acceptors (Lipinski definition) is 3. The summed E-state index contributed by atoms with van der Waals surface area (Å²) in [5, 5.41) is 3.57. The predicted molar refractivity (Wildman–Crippen MR) is 88.8 cm³/mol. The normalized spacial score (nSPS) is 15.6. The van der Waals surface area contributed by atoms with Crippen LogP contribution < -0.4 is 5.32 Å². The molecule has 1 aromatic carbocycles. The zero-order valence-corrected chi connectivity index (χ0v) is 14.0. The topological polar surface area (TPSA) is 30.5 Å². The van der Waals surface area contributed by atoms with Crippen LogP contribution in [-0.4, -0.2) is 40.5 Å². The van der Waals surface area contributed by atoms with Crippen molar-refractivity contribution >= 4 is 0 Å². The predicted octanol–water partition coefficient (Wildman–Crippen LogP) is 3.24. The van der Waals surface area contributed by atoms with Crippen molar-refractivity contribution in [1.29, 1.82) is 0 Å². The minimum absolute atomic E-state index is 0.146. The first kappa shape index (κ1) is 18.1. The van der Waals surface area contributed by atoms with Crippen LogP contribution in [0.1, 0.15) is 32.3 Å². The molecule has 120 valence electrons. The highest BCUT2D eigenvalue weighted by molar-refractivity contribution is 5.27. The summed E-state index contributed by atoms with van der Waals surface area (Å²) in [7, 11) is 3.52. The van der Waals surface area contributed by atoms with Gasteiger partial charge in [-0.2, -0.15) is 0 Å². The van der Waals surface area contributed by atoms with E-state index in [1.807, 2.05) is 0 Å². The average molecular weight is 293 g/mol. The summed E-state index contributed by atoms with van der Waals surface area (Å²) < 4.78 is 10.4. The minimum atomic E-state index is 0.146. The summed E-state index contributed by atoms with van der Waals surface area (Å²) in [5.41, 5.74) is 1.56. The van der Waals surface area contributed by atoms with Crippen molar-refractivity contribution in [2.75, 3.05) is 40.5 Å². The van der Waals surface area contributed by atoms with E-state index in [4.69, 9.17) is 9.47 Å². The molecule has 3 nitrogen and oxygen atoms in total. The second-order valence-corrected chi connectivity index (χ2v) is 5.73. The molecule has 0 aliphatic heterocycles. The van der Waals surface area contributed by atoms with E-state index in [0.29, 0.717) is 5.92 Å². The van der Waals surface area contributed by atoms with Crippen molar-refractivity contribution in [1.82, 2.24) is 5.32 Å². The summed E-state index contributed by atoms with van der Waals surface area (Å²) >= 11 is 0. The quantitative estimate of drug-likeness (QED) is 0.635. The third-order valence-corrected chi connectivity index (χ3v) is 4.60. The molecule has 0 heterocycles. The van der Waals surface area contributed by atoms with E-state index in [9.17, 15) is 0 Å². The van der Waals surface area contributed by atoms with Crippen LogP contribution in [0.25, 0.3) is 0 Å². The third-order valence-electron chi connectivity index (χ3n) is 4.60. The van der Waals surface area contributed by atoms with E-state index in [0.717, 1.165) is 39.1 Å². The molecule has 0 bridgehead atoms. The molecule has 0 saturated carbocycles. The van der Waals surface area contributed by atoms with Crippen LogP contribution in [0.2, 0.25) is 0 Å². The van der Waals surface area contributed by atoms with Crippen molar-refractivity contribution in [3.63, 3.8) is 0 Å². The van der Waals surface area contributed by atoms with Gasteiger partial charge in [-0.25, -0.2) is 0 Å². The van der Waals surface area contributed by atoms with Gasteiger partial charge in [-0.3, -0.25) is 0 Å². The molecule has 0 aliphatic carbocycles. The van der Waals surface area contributed by atoms with Gasteiger partial charge in [0, 0.05) is 39.3 Å². The second-order valence-electron chi connectivity index (χ2n) is 5.73. The molecule has 3 heteroatoms. The summed E-state index contributed by atoms with van der Waals surface area (Å²) in [4.78, 5) is 0. The van der Waals surface area contributed by atoms with Crippen LogP contribution in [0.5, 0.6) is 0 Å². The van der Waals surface area contributed by atoms with E-state index in [2.05, 4.69) is 49.5 Å². The minimum Gasteiger partial charge on any atom is -0.385 e. The number of methoxy groups -OCH3 is 2. The molecule has 1 aromatic rings. The Labute approximate surface area is 130 Å². The van der Waals surface area contributed by atoms with Gasteiger partial charge in [0.2, 0.25) is 0 Å². The first-order chi connectivity index (χ1) is 10.2. The molecule has 0 amide bonds. The monoisotopic (exact) mass is 293 g/mol. The molecular weight excluding hydrogens is 262 g/mol. The fourth-order valence-corrected chi connectivity index (χ4v) is 3.07.